The molecular formula is C20H30N2O3. The fraction of sp³-hybridized carbons (Fsp3) is 0.650. The largest absolute Gasteiger partial charge is 0.378 e. The third-order valence-electron chi connectivity index (χ3n) is 5.15. The van der Waals surface area contributed by atoms with Crippen LogP contribution in [0.3, 0.4) is 0 Å². The molecule has 3 rings (SSSR count). The number of benzene rings is 1. The van der Waals surface area contributed by atoms with Gasteiger partial charge in [-0.15, -0.1) is 0 Å². The second-order valence-electron chi connectivity index (χ2n) is 7.13. The van der Waals surface area contributed by atoms with Crippen molar-refractivity contribution in [3.63, 3.8) is 0 Å². The van der Waals surface area contributed by atoms with Crippen molar-refractivity contribution in [2.75, 3.05) is 31.2 Å². The molecule has 2 aliphatic heterocycles. The average molecular weight is 346 g/mol. The first-order chi connectivity index (χ1) is 12.1. The molecule has 5 heteroatoms. The van der Waals surface area contributed by atoms with Gasteiger partial charge < -0.3 is 19.7 Å². The van der Waals surface area contributed by atoms with Gasteiger partial charge in [0.2, 0.25) is 5.91 Å². The Hall–Kier alpha value is -1.59. The van der Waals surface area contributed by atoms with E-state index in [9.17, 15) is 4.79 Å². The molecule has 1 amide bonds. The number of nitrogens with one attached hydrogen (secondary N) is 1. The third kappa shape index (κ3) is 4.95. The van der Waals surface area contributed by atoms with Gasteiger partial charge in [-0.1, -0.05) is 18.2 Å². The maximum absolute atomic E-state index is 12.4. The number of rotatable bonds is 6. The van der Waals surface area contributed by atoms with E-state index in [1.165, 1.54) is 11.3 Å². The number of para-hydroxylation sites is 1. The summed E-state index contributed by atoms with van der Waals surface area (Å²) in [5.41, 5.74) is 2.37. The van der Waals surface area contributed by atoms with Gasteiger partial charge in [-0.05, 0) is 44.7 Å². The standard InChI is InChI=1S/C20H30N2O3/c1-15-7-8-17(25-15)9-10-20(23)21-16(2)18-5-3-4-6-19(18)22-11-13-24-14-12-22/h3-6,15-17H,7-14H2,1-2H3,(H,21,23)/t15-,16+,17-/m1/s1. The maximum Gasteiger partial charge on any atom is 0.220 e. The summed E-state index contributed by atoms with van der Waals surface area (Å²) in [7, 11) is 0. The first-order valence-electron chi connectivity index (χ1n) is 9.50. The van der Waals surface area contributed by atoms with Crippen LogP contribution in [0.25, 0.3) is 0 Å². The smallest absolute Gasteiger partial charge is 0.220 e. The molecule has 1 aromatic carbocycles. The van der Waals surface area contributed by atoms with Gasteiger partial charge in [-0.2, -0.15) is 0 Å². The fourth-order valence-electron chi connectivity index (χ4n) is 3.73. The van der Waals surface area contributed by atoms with E-state index in [2.05, 4.69) is 42.3 Å². The van der Waals surface area contributed by atoms with Gasteiger partial charge in [0.1, 0.15) is 0 Å². The molecule has 0 radical (unpaired) electrons. The number of nitrogens with zero attached hydrogens (tertiary/aromatic N) is 1. The highest BCUT2D eigenvalue weighted by Crippen LogP contribution is 2.27. The molecule has 138 valence electrons. The maximum atomic E-state index is 12.4. The van der Waals surface area contributed by atoms with Crippen molar-refractivity contribution >= 4 is 11.6 Å². The summed E-state index contributed by atoms with van der Waals surface area (Å²) in [6, 6.07) is 8.33. The number of carbonyl (C=O) groups is 1. The van der Waals surface area contributed by atoms with Crippen LogP contribution in [0.1, 0.15) is 51.1 Å². The molecule has 2 fully saturated rings. The summed E-state index contributed by atoms with van der Waals surface area (Å²) < 4.78 is 11.3. The summed E-state index contributed by atoms with van der Waals surface area (Å²) in [6.45, 7) is 7.48. The molecule has 1 aromatic rings. The van der Waals surface area contributed by atoms with Crippen molar-refractivity contribution in [1.82, 2.24) is 5.32 Å². The zero-order valence-corrected chi connectivity index (χ0v) is 15.4. The number of hydrogen-bond acceptors (Lipinski definition) is 4. The van der Waals surface area contributed by atoms with Crippen LogP contribution in [0.15, 0.2) is 24.3 Å². The summed E-state index contributed by atoms with van der Waals surface area (Å²) in [5.74, 6) is 0.104. The van der Waals surface area contributed by atoms with Gasteiger partial charge in [0.15, 0.2) is 0 Å². The first-order valence-corrected chi connectivity index (χ1v) is 9.50. The topological polar surface area (TPSA) is 50.8 Å². The summed E-state index contributed by atoms with van der Waals surface area (Å²) in [5, 5.41) is 3.16. The number of morpholine rings is 1. The molecule has 2 aliphatic rings. The second kappa shape index (κ2) is 8.68. The molecule has 0 aromatic heterocycles. The Morgan fingerprint density at radius 3 is 2.76 bits per heavy atom. The van der Waals surface area contributed by atoms with Crippen molar-refractivity contribution < 1.29 is 14.3 Å². The zero-order chi connectivity index (χ0) is 17.6. The minimum atomic E-state index is -0.00466. The number of amides is 1. The molecule has 0 unspecified atom stereocenters. The molecular weight excluding hydrogens is 316 g/mol. The number of anilines is 1. The minimum absolute atomic E-state index is 0.00466. The number of hydrogen-bond donors (Lipinski definition) is 1. The Morgan fingerprint density at radius 2 is 2.04 bits per heavy atom. The van der Waals surface area contributed by atoms with Crippen LogP contribution in [0.2, 0.25) is 0 Å². The molecule has 0 saturated carbocycles. The van der Waals surface area contributed by atoms with E-state index in [-0.39, 0.29) is 18.1 Å². The quantitative estimate of drug-likeness (QED) is 0.860. The van der Waals surface area contributed by atoms with Gasteiger partial charge in [-0.25, -0.2) is 0 Å². The van der Waals surface area contributed by atoms with Gasteiger partial charge in [-0.3, -0.25) is 4.79 Å². The van der Waals surface area contributed by atoms with E-state index in [0.29, 0.717) is 12.5 Å². The lowest BCUT2D eigenvalue weighted by molar-refractivity contribution is -0.122. The predicted octanol–water partition coefficient (Wildman–Crippen LogP) is 3.05. The van der Waals surface area contributed by atoms with Crippen molar-refractivity contribution in [3.8, 4) is 0 Å². The van der Waals surface area contributed by atoms with Gasteiger partial charge in [0.25, 0.3) is 0 Å². The first kappa shape index (κ1) is 18.2. The molecule has 2 heterocycles. The summed E-state index contributed by atoms with van der Waals surface area (Å²) in [6.07, 6.45) is 4.11. The fourth-order valence-corrected chi connectivity index (χ4v) is 3.73. The number of carbonyl (C=O) groups excluding carboxylic acids is 1. The Balaban J connectivity index is 1.55. The Kier molecular flexibility index (Phi) is 6.32. The van der Waals surface area contributed by atoms with E-state index in [0.717, 1.165) is 45.6 Å². The van der Waals surface area contributed by atoms with Gasteiger partial charge in [0.05, 0.1) is 31.5 Å². The normalized spacial score (nSPS) is 25.0. The minimum Gasteiger partial charge on any atom is -0.378 e. The number of ether oxygens (including phenoxy) is 2. The Morgan fingerprint density at radius 1 is 1.28 bits per heavy atom. The summed E-state index contributed by atoms with van der Waals surface area (Å²) in [4.78, 5) is 14.7. The SMILES string of the molecule is C[C@@H]1CC[C@H](CCC(=O)N[C@@H](C)c2ccccc2N2CCOCC2)O1. The van der Waals surface area contributed by atoms with Crippen LogP contribution >= 0.6 is 0 Å². The van der Waals surface area contributed by atoms with E-state index < -0.39 is 0 Å². The summed E-state index contributed by atoms with van der Waals surface area (Å²) >= 11 is 0. The van der Waals surface area contributed by atoms with Gasteiger partial charge >= 0.3 is 0 Å². The molecule has 3 atom stereocenters. The van der Waals surface area contributed by atoms with Gasteiger partial charge in [0, 0.05) is 25.2 Å². The van der Waals surface area contributed by atoms with Crippen LogP contribution in [0.5, 0.6) is 0 Å². The van der Waals surface area contributed by atoms with E-state index >= 15 is 0 Å². The Labute approximate surface area is 150 Å². The van der Waals surface area contributed by atoms with Crippen molar-refractivity contribution in [3.05, 3.63) is 29.8 Å². The average Bonchev–Trinajstić information content (AvgIpc) is 3.06. The molecule has 5 nitrogen and oxygen atoms in total. The highest BCUT2D eigenvalue weighted by molar-refractivity contribution is 5.76. The van der Waals surface area contributed by atoms with Crippen molar-refractivity contribution in [2.24, 2.45) is 0 Å². The molecule has 1 N–H and O–H groups in total. The highest BCUT2D eigenvalue weighted by Gasteiger charge is 2.23. The molecule has 0 bridgehead atoms. The van der Waals surface area contributed by atoms with Crippen LogP contribution in [-0.2, 0) is 14.3 Å². The lowest BCUT2D eigenvalue weighted by Gasteiger charge is -2.32. The van der Waals surface area contributed by atoms with Crippen LogP contribution in [0, 0.1) is 0 Å². The molecule has 25 heavy (non-hydrogen) atoms. The van der Waals surface area contributed by atoms with Crippen LogP contribution in [0.4, 0.5) is 5.69 Å². The highest BCUT2D eigenvalue weighted by atomic mass is 16.5. The van der Waals surface area contributed by atoms with Crippen LogP contribution < -0.4 is 10.2 Å². The second-order valence-corrected chi connectivity index (χ2v) is 7.13. The monoisotopic (exact) mass is 346 g/mol. The Bertz CT molecular complexity index is 572. The molecule has 0 spiro atoms. The predicted molar refractivity (Wildman–Crippen MR) is 98.8 cm³/mol. The molecule has 0 aliphatic carbocycles. The van der Waals surface area contributed by atoms with E-state index in [1.807, 2.05) is 6.07 Å². The lowest BCUT2D eigenvalue weighted by Crippen LogP contribution is -2.37. The van der Waals surface area contributed by atoms with Crippen molar-refractivity contribution in [2.45, 2.75) is 57.8 Å². The zero-order valence-electron chi connectivity index (χ0n) is 15.4. The van der Waals surface area contributed by atoms with E-state index in [1.54, 1.807) is 0 Å². The van der Waals surface area contributed by atoms with Crippen molar-refractivity contribution in [1.29, 1.82) is 0 Å². The third-order valence-corrected chi connectivity index (χ3v) is 5.15. The van der Waals surface area contributed by atoms with Crippen LogP contribution in [-0.4, -0.2) is 44.4 Å². The lowest BCUT2D eigenvalue weighted by atomic mass is 10.0. The molecule has 2 saturated heterocycles. The van der Waals surface area contributed by atoms with E-state index in [4.69, 9.17) is 9.47 Å².